The molecule has 3 N–H and O–H groups in total. The van der Waals surface area contributed by atoms with E-state index in [-0.39, 0.29) is 37.0 Å². The number of nitrogens with one attached hydrogen (secondary N) is 2. The number of carboxylic acid groups (broad SMARTS) is 1. The van der Waals surface area contributed by atoms with Crippen LogP contribution in [0.15, 0.2) is 53.2 Å². The molecular weight excluding hydrogens is 444 g/mol. The van der Waals surface area contributed by atoms with Gasteiger partial charge in [0.2, 0.25) is 11.5 Å². The van der Waals surface area contributed by atoms with Crippen LogP contribution >= 0.6 is 0 Å². The molecule has 0 bridgehead atoms. The Labute approximate surface area is 194 Å². The Morgan fingerprint density at radius 2 is 1.71 bits per heavy atom. The van der Waals surface area contributed by atoms with Gasteiger partial charge in [0.15, 0.2) is 6.10 Å². The minimum Gasteiger partial charge on any atom is -0.479 e. The molecule has 11 nitrogen and oxygen atoms in total. The molecule has 0 fully saturated rings. The molecule has 4 rings (SSSR count). The number of ether oxygens (including phenoxy) is 2. The lowest BCUT2D eigenvalue weighted by molar-refractivity contribution is -0.148. The van der Waals surface area contributed by atoms with Crippen molar-refractivity contribution in [3.8, 4) is 11.1 Å². The fourth-order valence-corrected chi connectivity index (χ4v) is 3.89. The Bertz CT molecular complexity index is 1160. The van der Waals surface area contributed by atoms with Crippen molar-refractivity contribution in [2.75, 3.05) is 25.6 Å². The molecule has 0 saturated heterocycles. The molecule has 0 spiro atoms. The van der Waals surface area contributed by atoms with Gasteiger partial charge in [-0.3, -0.25) is 10.1 Å². The summed E-state index contributed by atoms with van der Waals surface area (Å²) in [4.78, 5) is 35.7. The summed E-state index contributed by atoms with van der Waals surface area (Å²) in [6.07, 6.45) is -1.84. The van der Waals surface area contributed by atoms with E-state index in [0.717, 1.165) is 22.3 Å². The van der Waals surface area contributed by atoms with Crippen LogP contribution < -0.4 is 10.6 Å². The summed E-state index contributed by atoms with van der Waals surface area (Å²) in [6, 6.07) is 15.9. The molecule has 11 heteroatoms. The molecule has 34 heavy (non-hydrogen) atoms. The zero-order valence-electron chi connectivity index (χ0n) is 18.2. The molecule has 2 aromatic carbocycles. The number of aromatic nitrogens is 2. The van der Waals surface area contributed by atoms with Gasteiger partial charge in [0.25, 0.3) is 5.91 Å². The standard InChI is InChI=1S/C23H22N4O7/c1-32-18(22(29)30)10-11-24-21(28)19-20(27-34-26-19)25-23(31)33-12-17-15-8-4-2-6-13(15)14-7-3-5-9-16(14)17/h2-9,17-18H,10-12H2,1H3,(H,24,28)(H,29,30)(H,25,27,31). The van der Waals surface area contributed by atoms with Crippen LogP contribution in [0.25, 0.3) is 11.1 Å². The molecule has 2 amide bonds. The maximum Gasteiger partial charge on any atom is 0.412 e. The molecule has 0 aliphatic heterocycles. The van der Waals surface area contributed by atoms with Crippen LogP contribution in [0.5, 0.6) is 0 Å². The van der Waals surface area contributed by atoms with Crippen LogP contribution in [0.3, 0.4) is 0 Å². The second-order valence-corrected chi connectivity index (χ2v) is 7.52. The number of aliphatic carboxylic acids is 1. The molecular formula is C23H22N4O7. The number of methoxy groups -OCH3 is 1. The van der Waals surface area contributed by atoms with Crippen molar-refractivity contribution in [1.29, 1.82) is 0 Å². The first-order chi connectivity index (χ1) is 16.5. The topological polar surface area (TPSA) is 153 Å². The van der Waals surface area contributed by atoms with Gasteiger partial charge in [0.05, 0.1) is 0 Å². The Hall–Kier alpha value is -4.25. The average molecular weight is 466 g/mol. The van der Waals surface area contributed by atoms with Crippen LogP contribution in [0.1, 0.15) is 34.0 Å². The van der Waals surface area contributed by atoms with Gasteiger partial charge in [-0.2, -0.15) is 0 Å². The van der Waals surface area contributed by atoms with E-state index in [4.69, 9.17) is 14.6 Å². The largest absolute Gasteiger partial charge is 0.479 e. The maximum absolute atomic E-state index is 12.4. The first kappa shape index (κ1) is 22.9. The van der Waals surface area contributed by atoms with Crippen LogP contribution in [0, 0.1) is 0 Å². The lowest BCUT2D eigenvalue weighted by atomic mass is 9.98. The molecule has 1 aliphatic carbocycles. The summed E-state index contributed by atoms with van der Waals surface area (Å²) in [7, 11) is 1.26. The Morgan fingerprint density at radius 3 is 2.32 bits per heavy atom. The van der Waals surface area contributed by atoms with Gasteiger partial charge in [-0.25, -0.2) is 14.2 Å². The van der Waals surface area contributed by atoms with E-state index in [1.165, 1.54) is 7.11 Å². The van der Waals surface area contributed by atoms with E-state index in [9.17, 15) is 14.4 Å². The number of carbonyl (C=O) groups is 3. The Balaban J connectivity index is 1.35. The number of nitrogens with zero attached hydrogens (tertiary/aromatic N) is 2. The third-order valence-electron chi connectivity index (χ3n) is 5.52. The zero-order chi connectivity index (χ0) is 24.1. The summed E-state index contributed by atoms with van der Waals surface area (Å²) in [5, 5.41) is 20.9. The number of benzene rings is 2. The van der Waals surface area contributed by atoms with E-state index in [2.05, 4.69) is 25.6 Å². The molecule has 0 radical (unpaired) electrons. The monoisotopic (exact) mass is 466 g/mol. The number of hydrogen-bond donors (Lipinski definition) is 3. The summed E-state index contributed by atoms with van der Waals surface area (Å²) in [5.74, 6) is -2.18. The predicted molar refractivity (Wildman–Crippen MR) is 118 cm³/mol. The van der Waals surface area contributed by atoms with Crippen LogP contribution in [0.4, 0.5) is 10.6 Å². The average Bonchev–Trinajstić information content (AvgIpc) is 3.42. The predicted octanol–water partition coefficient (Wildman–Crippen LogP) is 2.65. The highest BCUT2D eigenvalue weighted by atomic mass is 16.6. The second-order valence-electron chi connectivity index (χ2n) is 7.52. The highest BCUT2D eigenvalue weighted by Gasteiger charge is 2.29. The molecule has 1 unspecified atom stereocenters. The van der Waals surface area contributed by atoms with Crippen LogP contribution in [-0.4, -0.2) is 59.8 Å². The zero-order valence-corrected chi connectivity index (χ0v) is 18.2. The molecule has 0 saturated carbocycles. The van der Waals surface area contributed by atoms with Gasteiger partial charge in [0.1, 0.15) is 6.61 Å². The molecule has 176 valence electrons. The molecule has 1 atom stereocenters. The van der Waals surface area contributed by atoms with Gasteiger partial charge < -0.3 is 19.9 Å². The number of carboxylic acids is 1. The van der Waals surface area contributed by atoms with E-state index < -0.39 is 24.1 Å². The van der Waals surface area contributed by atoms with Crippen molar-refractivity contribution in [2.45, 2.75) is 18.4 Å². The summed E-state index contributed by atoms with van der Waals surface area (Å²) in [5.41, 5.74) is 4.07. The van der Waals surface area contributed by atoms with Crippen molar-refractivity contribution >= 4 is 23.8 Å². The summed E-state index contributed by atoms with van der Waals surface area (Å²) >= 11 is 0. The van der Waals surface area contributed by atoms with Gasteiger partial charge in [-0.15, -0.1) is 0 Å². The highest BCUT2D eigenvalue weighted by Crippen LogP contribution is 2.44. The fraction of sp³-hybridized carbons (Fsp3) is 0.261. The number of fused-ring (bicyclic) bond motifs is 3. The SMILES string of the molecule is COC(CCNC(=O)c1nonc1NC(=O)OCC1c2ccccc2-c2ccccc21)C(=O)O. The van der Waals surface area contributed by atoms with E-state index in [1.54, 1.807) is 0 Å². The number of amides is 2. The first-order valence-electron chi connectivity index (χ1n) is 10.5. The quantitative estimate of drug-likeness (QED) is 0.432. The lowest BCUT2D eigenvalue weighted by Gasteiger charge is -2.14. The second kappa shape index (κ2) is 10.1. The van der Waals surface area contributed by atoms with Crippen molar-refractivity contribution in [3.63, 3.8) is 0 Å². The Morgan fingerprint density at radius 1 is 1.06 bits per heavy atom. The van der Waals surface area contributed by atoms with E-state index in [1.807, 2.05) is 48.5 Å². The molecule has 1 heterocycles. The fourth-order valence-electron chi connectivity index (χ4n) is 3.89. The highest BCUT2D eigenvalue weighted by molar-refractivity contribution is 5.99. The van der Waals surface area contributed by atoms with Crippen LogP contribution in [-0.2, 0) is 14.3 Å². The first-order valence-corrected chi connectivity index (χ1v) is 10.5. The number of hydrogen-bond acceptors (Lipinski definition) is 8. The minimum absolute atomic E-state index is 0.000877. The number of carbonyl (C=O) groups excluding carboxylic acids is 2. The molecule has 1 aliphatic rings. The van der Waals surface area contributed by atoms with Crippen molar-refractivity contribution in [3.05, 3.63) is 65.4 Å². The van der Waals surface area contributed by atoms with Gasteiger partial charge in [-0.05, 0) is 32.6 Å². The normalized spacial score (nSPS) is 13.0. The van der Waals surface area contributed by atoms with Gasteiger partial charge >= 0.3 is 12.1 Å². The number of rotatable bonds is 9. The number of anilines is 1. The third-order valence-corrected chi connectivity index (χ3v) is 5.52. The summed E-state index contributed by atoms with van der Waals surface area (Å²) in [6.45, 7) is 0.0845. The van der Waals surface area contributed by atoms with Crippen molar-refractivity contribution in [1.82, 2.24) is 15.6 Å². The minimum atomic E-state index is -1.14. The third kappa shape index (κ3) is 4.74. The Kier molecular flexibility index (Phi) is 6.83. The van der Waals surface area contributed by atoms with E-state index >= 15 is 0 Å². The lowest BCUT2D eigenvalue weighted by Crippen LogP contribution is -2.32. The van der Waals surface area contributed by atoms with Crippen molar-refractivity contribution in [2.24, 2.45) is 0 Å². The van der Waals surface area contributed by atoms with Gasteiger partial charge in [0, 0.05) is 26.0 Å². The van der Waals surface area contributed by atoms with Gasteiger partial charge in [-0.1, -0.05) is 48.5 Å². The van der Waals surface area contributed by atoms with Crippen molar-refractivity contribution < 1.29 is 33.6 Å². The smallest absolute Gasteiger partial charge is 0.412 e. The summed E-state index contributed by atoms with van der Waals surface area (Å²) < 4.78 is 14.8. The maximum atomic E-state index is 12.4. The molecule has 3 aromatic rings. The van der Waals surface area contributed by atoms with E-state index in [0.29, 0.717) is 0 Å². The molecule has 1 aromatic heterocycles. The van der Waals surface area contributed by atoms with Crippen LogP contribution in [0.2, 0.25) is 0 Å².